The Morgan fingerprint density at radius 1 is 1.08 bits per heavy atom. The van der Waals surface area contributed by atoms with Crippen LogP contribution in [0, 0.1) is 5.82 Å². The topological polar surface area (TPSA) is 104 Å². The summed E-state index contributed by atoms with van der Waals surface area (Å²) in [4.78, 5) is 39.6. The fourth-order valence-electron chi connectivity index (χ4n) is 4.28. The molecule has 1 aliphatic rings. The van der Waals surface area contributed by atoms with Gasteiger partial charge >= 0.3 is 0 Å². The van der Waals surface area contributed by atoms with Gasteiger partial charge < -0.3 is 10.2 Å². The zero-order valence-corrected chi connectivity index (χ0v) is 21.6. The van der Waals surface area contributed by atoms with E-state index in [1.807, 2.05) is 0 Å². The lowest BCUT2D eigenvalue weighted by molar-refractivity contribution is -0.139. The van der Waals surface area contributed by atoms with Crippen LogP contribution in [0.25, 0.3) is 0 Å². The number of rotatable bonds is 10. The molecule has 0 unspecified atom stereocenters. The summed E-state index contributed by atoms with van der Waals surface area (Å²) < 4.78 is 40.6. The van der Waals surface area contributed by atoms with E-state index in [9.17, 15) is 27.2 Å². The summed E-state index contributed by atoms with van der Waals surface area (Å²) in [6, 6.07) is 10.9. The van der Waals surface area contributed by atoms with Crippen molar-refractivity contribution in [1.82, 2.24) is 10.2 Å². The molecule has 10 heteroatoms. The predicted octanol–water partition coefficient (Wildman–Crippen LogP) is 3.27. The Morgan fingerprint density at radius 3 is 2.36 bits per heavy atom. The lowest BCUT2D eigenvalue weighted by Crippen LogP contribution is -2.52. The van der Waals surface area contributed by atoms with Crippen LogP contribution in [0.1, 0.15) is 55.5 Å². The zero-order chi connectivity index (χ0) is 26.5. The first kappa shape index (κ1) is 27.3. The van der Waals surface area contributed by atoms with E-state index < -0.39 is 34.3 Å². The van der Waals surface area contributed by atoms with Gasteiger partial charge in [-0.2, -0.15) is 0 Å². The first-order chi connectivity index (χ1) is 17.0. The van der Waals surface area contributed by atoms with Crippen molar-refractivity contribution in [1.29, 1.82) is 0 Å². The number of ketones is 1. The second-order valence-electron chi connectivity index (χ2n) is 9.16. The highest BCUT2D eigenvalue weighted by Gasteiger charge is 2.32. The number of benzene rings is 2. The second kappa shape index (κ2) is 11.6. The van der Waals surface area contributed by atoms with Gasteiger partial charge in [-0.1, -0.05) is 43.2 Å². The SMILES string of the molecule is CC(=O)c1cccc(N(CC(=O)N(Cc2ccccc2F)[C@H](C)C(=O)NC2CCCC2)S(C)(=O)=O)c1. The maximum atomic E-state index is 14.5. The fraction of sp³-hybridized carbons (Fsp3) is 0.423. The summed E-state index contributed by atoms with van der Waals surface area (Å²) in [7, 11) is -3.93. The number of hydrogen-bond acceptors (Lipinski definition) is 5. The number of nitrogens with zero attached hydrogens (tertiary/aromatic N) is 2. The molecule has 1 N–H and O–H groups in total. The summed E-state index contributed by atoms with van der Waals surface area (Å²) in [6.07, 6.45) is 4.69. The van der Waals surface area contributed by atoms with E-state index >= 15 is 0 Å². The standard InChI is InChI=1S/C26H32FN3O5S/c1-18(26(33)28-22-11-5-6-12-22)29(16-21-9-4-7-14-24(21)27)25(32)17-30(36(3,34)35)23-13-8-10-20(15-23)19(2)31/h4,7-10,13-15,18,22H,5-6,11-12,16-17H2,1-3H3,(H,28,33)/t18-/m1/s1. The van der Waals surface area contributed by atoms with Gasteiger partial charge in [0, 0.05) is 23.7 Å². The number of carbonyl (C=O) groups excluding carboxylic acids is 3. The summed E-state index contributed by atoms with van der Waals surface area (Å²) >= 11 is 0. The van der Waals surface area contributed by atoms with Crippen molar-refractivity contribution in [2.75, 3.05) is 17.1 Å². The van der Waals surface area contributed by atoms with Gasteiger partial charge in [0.2, 0.25) is 21.8 Å². The summed E-state index contributed by atoms with van der Waals surface area (Å²) in [6.45, 7) is 2.07. The first-order valence-corrected chi connectivity index (χ1v) is 13.7. The third kappa shape index (κ3) is 6.90. The molecule has 1 aliphatic carbocycles. The van der Waals surface area contributed by atoms with Crippen molar-refractivity contribution in [2.45, 2.75) is 58.2 Å². The van der Waals surface area contributed by atoms with Crippen molar-refractivity contribution in [3.63, 3.8) is 0 Å². The van der Waals surface area contributed by atoms with E-state index in [4.69, 9.17) is 0 Å². The maximum Gasteiger partial charge on any atom is 0.244 e. The quantitative estimate of drug-likeness (QED) is 0.487. The molecule has 2 aromatic carbocycles. The third-order valence-corrected chi connectivity index (χ3v) is 7.53. The van der Waals surface area contributed by atoms with Gasteiger partial charge in [0.25, 0.3) is 0 Å². The highest BCUT2D eigenvalue weighted by Crippen LogP contribution is 2.22. The van der Waals surface area contributed by atoms with Crippen molar-refractivity contribution >= 4 is 33.3 Å². The number of nitrogens with one attached hydrogen (secondary N) is 1. The van der Waals surface area contributed by atoms with Crippen molar-refractivity contribution in [3.8, 4) is 0 Å². The number of anilines is 1. The lowest BCUT2D eigenvalue weighted by atomic mass is 10.1. The minimum atomic E-state index is -3.93. The summed E-state index contributed by atoms with van der Waals surface area (Å²) in [5.74, 6) is -1.84. The number of sulfonamides is 1. The molecule has 194 valence electrons. The molecule has 0 spiro atoms. The van der Waals surface area contributed by atoms with Crippen LogP contribution < -0.4 is 9.62 Å². The number of hydrogen-bond donors (Lipinski definition) is 1. The molecule has 0 saturated heterocycles. The van der Waals surface area contributed by atoms with Crippen LogP contribution >= 0.6 is 0 Å². The van der Waals surface area contributed by atoms with Crippen LogP contribution in [0.4, 0.5) is 10.1 Å². The zero-order valence-electron chi connectivity index (χ0n) is 20.7. The Hall–Kier alpha value is -3.27. The Kier molecular flexibility index (Phi) is 8.84. The molecular formula is C26H32FN3O5S. The van der Waals surface area contributed by atoms with E-state index in [-0.39, 0.29) is 35.5 Å². The molecule has 36 heavy (non-hydrogen) atoms. The maximum absolute atomic E-state index is 14.5. The molecule has 3 rings (SSSR count). The predicted molar refractivity (Wildman–Crippen MR) is 135 cm³/mol. The molecule has 2 amide bonds. The Bertz CT molecular complexity index is 1230. The Morgan fingerprint density at radius 2 is 1.75 bits per heavy atom. The minimum absolute atomic E-state index is 0.0206. The van der Waals surface area contributed by atoms with E-state index in [1.54, 1.807) is 19.1 Å². The Balaban J connectivity index is 1.91. The van der Waals surface area contributed by atoms with Crippen LogP contribution in [0.15, 0.2) is 48.5 Å². The summed E-state index contributed by atoms with van der Waals surface area (Å²) in [5.41, 5.74) is 0.643. The molecule has 0 bridgehead atoms. The van der Waals surface area contributed by atoms with Gasteiger partial charge in [0.05, 0.1) is 11.9 Å². The average Bonchev–Trinajstić information content (AvgIpc) is 3.33. The number of halogens is 1. The van der Waals surface area contributed by atoms with Crippen molar-refractivity contribution < 1.29 is 27.2 Å². The number of carbonyl (C=O) groups is 3. The van der Waals surface area contributed by atoms with Crippen LogP contribution in [0.3, 0.4) is 0 Å². The molecular weight excluding hydrogens is 485 g/mol. The normalized spacial score (nSPS) is 14.8. The molecule has 0 radical (unpaired) electrons. The summed E-state index contributed by atoms with van der Waals surface area (Å²) in [5, 5.41) is 2.95. The number of amides is 2. The molecule has 0 heterocycles. The molecule has 1 fully saturated rings. The monoisotopic (exact) mass is 517 g/mol. The highest BCUT2D eigenvalue weighted by atomic mass is 32.2. The van der Waals surface area contributed by atoms with Crippen molar-refractivity contribution in [2.24, 2.45) is 0 Å². The van der Waals surface area contributed by atoms with Gasteiger partial charge in [0.15, 0.2) is 5.78 Å². The highest BCUT2D eigenvalue weighted by molar-refractivity contribution is 7.92. The van der Waals surface area contributed by atoms with Crippen LogP contribution in [0.5, 0.6) is 0 Å². The van der Waals surface area contributed by atoms with E-state index in [2.05, 4.69) is 5.32 Å². The van der Waals surface area contributed by atoms with Crippen LogP contribution in [-0.2, 0) is 26.2 Å². The van der Waals surface area contributed by atoms with Gasteiger partial charge in [-0.05, 0) is 44.9 Å². The van der Waals surface area contributed by atoms with Gasteiger partial charge in [0.1, 0.15) is 18.4 Å². The average molecular weight is 518 g/mol. The van der Waals surface area contributed by atoms with Crippen LogP contribution in [-0.4, -0.2) is 55.8 Å². The van der Waals surface area contributed by atoms with Gasteiger partial charge in [-0.25, -0.2) is 12.8 Å². The molecule has 0 aliphatic heterocycles. The van der Waals surface area contributed by atoms with Gasteiger partial charge in [-0.15, -0.1) is 0 Å². The smallest absolute Gasteiger partial charge is 0.244 e. The van der Waals surface area contributed by atoms with Crippen LogP contribution in [0.2, 0.25) is 0 Å². The molecule has 1 saturated carbocycles. The Labute approximate surface area is 211 Å². The fourth-order valence-corrected chi connectivity index (χ4v) is 5.12. The molecule has 8 nitrogen and oxygen atoms in total. The van der Waals surface area contributed by atoms with E-state index in [0.29, 0.717) is 5.56 Å². The molecule has 2 aromatic rings. The third-order valence-electron chi connectivity index (χ3n) is 6.39. The second-order valence-corrected chi connectivity index (χ2v) is 11.1. The lowest BCUT2D eigenvalue weighted by Gasteiger charge is -2.32. The van der Waals surface area contributed by atoms with Crippen molar-refractivity contribution in [3.05, 3.63) is 65.5 Å². The largest absolute Gasteiger partial charge is 0.352 e. The van der Waals surface area contributed by atoms with E-state index in [1.165, 1.54) is 48.2 Å². The molecule has 0 aromatic heterocycles. The number of Topliss-reactive ketones (excluding diaryl/α,β-unsaturated/α-hetero) is 1. The molecule has 1 atom stereocenters. The van der Waals surface area contributed by atoms with Gasteiger partial charge in [-0.3, -0.25) is 18.7 Å². The first-order valence-electron chi connectivity index (χ1n) is 11.9. The van der Waals surface area contributed by atoms with E-state index in [0.717, 1.165) is 36.2 Å². The minimum Gasteiger partial charge on any atom is -0.352 e.